The van der Waals surface area contributed by atoms with Crippen LogP contribution in [0.4, 0.5) is 0 Å². The summed E-state index contributed by atoms with van der Waals surface area (Å²) in [6.07, 6.45) is 3.06. The number of rotatable bonds is 3. The minimum atomic E-state index is 0.109. The first-order valence-corrected chi connectivity index (χ1v) is 5.46. The van der Waals surface area contributed by atoms with Crippen LogP contribution < -0.4 is 0 Å². The van der Waals surface area contributed by atoms with Crippen LogP contribution in [0.15, 0.2) is 18.2 Å². The van der Waals surface area contributed by atoms with Crippen molar-refractivity contribution < 1.29 is 5.11 Å². The summed E-state index contributed by atoms with van der Waals surface area (Å²) in [4.78, 5) is 0. The van der Waals surface area contributed by atoms with Gasteiger partial charge in [-0.3, -0.25) is 0 Å². The van der Waals surface area contributed by atoms with E-state index in [4.69, 9.17) is 23.2 Å². The Morgan fingerprint density at radius 3 is 2.50 bits per heavy atom. The Kier molecular flexibility index (Phi) is 2.74. The maximum Gasteiger partial charge on any atom is 0.0490 e. The fourth-order valence-corrected chi connectivity index (χ4v) is 2.11. The van der Waals surface area contributed by atoms with E-state index in [1.807, 2.05) is 12.1 Å². The van der Waals surface area contributed by atoms with Gasteiger partial charge in [0.2, 0.25) is 0 Å². The number of hydrogen-bond acceptors (Lipinski definition) is 1. The molecule has 1 saturated carbocycles. The molecule has 2 rings (SSSR count). The van der Waals surface area contributed by atoms with Crippen molar-refractivity contribution in [2.75, 3.05) is 6.61 Å². The third-order valence-electron chi connectivity index (χ3n) is 2.87. The van der Waals surface area contributed by atoms with E-state index in [-0.39, 0.29) is 12.0 Å². The van der Waals surface area contributed by atoms with E-state index >= 15 is 0 Å². The smallest absolute Gasteiger partial charge is 0.0490 e. The molecule has 0 spiro atoms. The molecule has 1 aromatic carbocycles. The van der Waals surface area contributed by atoms with Gasteiger partial charge in [-0.2, -0.15) is 0 Å². The minimum absolute atomic E-state index is 0.109. The average Bonchev–Trinajstić information content (AvgIpc) is 2.91. The van der Waals surface area contributed by atoms with Crippen LogP contribution in [0.1, 0.15) is 18.4 Å². The Labute approximate surface area is 93.7 Å². The first-order valence-electron chi connectivity index (χ1n) is 4.70. The second-order valence-electron chi connectivity index (χ2n) is 4.07. The lowest BCUT2D eigenvalue weighted by Gasteiger charge is -2.12. The topological polar surface area (TPSA) is 20.2 Å². The van der Waals surface area contributed by atoms with Crippen molar-refractivity contribution in [2.24, 2.45) is 5.41 Å². The van der Waals surface area contributed by atoms with Gasteiger partial charge in [0.25, 0.3) is 0 Å². The van der Waals surface area contributed by atoms with Gasteiger partial charge in [0.05, 0.1) is 0 Å². The van der Waals surface area contributed by atoms with Crippen molar-refractivity contribution in [1.29, 1.82) is 0 Å². The molecule has 1 aromatic rings. The summed E-state index contributed by atoms with van der Waals surface area (Å²) in [5.41, 5.74) is 1.19. The molecule has 0 bridgehead atoms. The first-order chi connectivity index (χ1) is 6.65. The van der Waals surface area contributed by atoms with Gasteiger partial charge in [-0.15, -0.1) is 0 Å². The predicted octanol–water partition coefficient (Wildman–Crippen LogP) is 3.31. The van der Waals surface area contributed by atoms with E-state index in [0.717, 1.165) is 24.8 Å². The van der Waals surface area contributed by atoms with E-state index in [9.17, 15) is 5.11 Å². The zero-order valence-electron chi connectivity index (χ0n) is 7.76. The SMILES string of the molecule is OCC1(Cc2ccc(Cl)cc2Cl)CC1. The summed E-state index contributed by atoms with van der Waals surface area (Å²) >= 11 is 11.9. The van der Waals surface area contributed by atoms with Gasteiger partial charge in [0, 0.05) is 16.7 Å². The zero-order chi connectivity index (χ0) is 10.2. The minimum Gasteiger partial charge on any atom is -0.396 e. The van der Waals surface area contributed by atoms with Crippen LogP contribution in [0.3, 0.4) is 0 Å². The fraction of sp³-hybridized carbons (Fsp3) is 0.455. The second-order valence-corrected chi connectivity index (χ2v) is 4.91. The van der Waals surface area contributed by atoms with Gasteiger partial charge in [-0.25, -0.2) is 0 Å². The molecule has 0 heterocycles. The van der Waals surface area contributed by atoms with Gasteiger partial charge < -0.3 is 5.11 Å². The molecule has 0 atom stereocenters. The summed E-state index contributed by atoms with van der Waals surface area (Å²) in [6, 6.07) is 5.54. The summed E-state index contributed by atoms with van der Waals surface area (Å²) in [5, 5.41) is 10.6. The molecule has 76 valence electrons. The van der Waals surface area contributed by atoms with Crippen LogP contribution in [0.2, 0.25) is 10.0 Å². The fourth-order valence-electron chi connectivity index (χ4n) is 1.64. The molecule has 3 heteroatoms. The standard InChI is InChI=1S/C11H12Cl2O/c12-9-2-1-8(10(13)5-9)6-11(7-14)3-4-11/h1-2,5,14H,3-4,6-7H2. The molecule has 0 aliphatic heterocycles. The van der Waals surface area contributed by atoms with Crippen molar-refractivity contribution in [3.63, 3.8) is 0 Å². The Morgan fingerprint density at radius 1 is 1.29 bits per heavy atom. The van der Waals surface area contributed by atoms with E-state index in [1.165, 1.54) is 0 Å². The number of hydrogen-bond donors (Lipinski definition) is 1. The zero-order valence-corrected chi connectivity index (χ0v) is 9.28. The normalized spacial score (nSPS) is 18.2. The molecule has 0 unspecified atom stereocenters. The summed E-state index contributed by atoms with van der Waals surface area (Å²) in [5.74, 6) is 0. The third-order valence-corrected chi connectivity index (χ3v) is 3.46. The molecule has 1 N–H and O–H groups in total. The van der Waals surface area contributed by atoms with E-state index in [1.54, 1.807) is 6.07 Å². The lowest BCUT2D eigenvalue weighted by molar-refractivity contribution is 0.211. The van der Waals surface area contributed by atoms with Crippen molar-refractivity contribution in [3.8, 4) is 0 Å². The van der Waals surface area contributed by atoms with Crippen molar-refractivity contribution in [3.05, 3.63) is 33.8 Å². The second kappa shape index (κ2) is 3.73. The van der Waals surface area contributed by atoms with Gasteiger partial charge in [0.15, 0.2) is 0 Å². The molecule has 0 amide bonds. The number of halogens is 2. The molecule has 1 nitrogen and oxygen atoms in total. The van der Waals surface area contributed by atoms with Crippen LogP contribution in [-0.2, 0) is 6.42 Å². The van der Waals surface area contributed by atoms with Crippen LogP contribution in [-0.4, -0.2) is 11.7 Å². The highest BCUT2D eigenvalue weighted by Gasteiger charge is 2.42. The molecular formula is C11H12Cl2O. The Bertz CT molecular complexity index is 345. The van der Waals surface area contributed by atoms with E-state index in [2.05, 4.69) is 0 Å². The molecule has 0 radical (unpaired) electrons. The van der Waals surface area contributed by atoms with Crippen molar-refractivity contribution in [2.45, 2.75) is 19.3 Å². The van der Waals surface area contributed by atoms with E-state index < -0.39 is 0 Å². The first kappa shape index (κ1) is 10.3. The van der Waals surface area contributed by atoms with Crippen LogP contribution in [0, 0.1) is 5.41 Å². The highest BCUT2D eigenvalue weighted by atomic mass is 35.5. The lowest BCUT2D eigenvalue weighted by Crippen LogP contribution is -2.10. The van der Waals surface area contributed by atoms with Gasteiger partial charge >= 0.3 is 0 Å². The van der Waals surface area contributed by atoms with Gasteiger partial charge in [0.1, 0.15) is 0 Å². The summed E-state index contributed by atoms with van der Waals surface area (Å²) < 4.78 is 0. The van der Waals surface area contributed by atoms with Gasteiger partial charge in [-0.1, -0.05) is 29.3 Å². The highest BCUT2D eigenvalue weighted by molar-refractivity contribution is 6.35. The molecule has 0 saturated heterocycles. The number of aliphatic hydroxyl groups is 1. The monoisotopic (exact) mass is 230 g/mol. The maximum absolute atomic E-state index is 9.19. The Hall–Kier alpha value is -0.240. The van der Waals surface area contributed by atoms with Gasteiger partial charge in [-0.05, 0) is 42.4 Å². The summed E-state index contributed by atoms with van der Waals surface area (Å²) in [6.45, 7) is 0.256. The van der Waals surface area contributed by atoms with Crippen molar-refractivity contribution in [1.82, 2.24) is 0 Å². The Morgan fingerprint density at radius 2 is 2.00 bits per heavy atom. The Balaban J connectivity index is 2.17. The molecule has 1 aliphatic carbocycles. The van der Waals surface area contributed by atoms with Crippen LogP contribution in [0.5, 0.6) is 0 Å². The molecule has 0 aromatic heterocycles. The maximum atomic E-state index is 9.19. The number of aliphatic hydroxyl groups excluding tert-OH is 1. The average molecular weight is 231 g/mol. The molecule has 1 aliphatic rings. The molecule has 1 fully saturated rings. The third kappa shape index (κ3) is 2.05. The summed E-state index contributed by atoms with van der Waals surface area (Å²) in [7, 11) is 0. The molecular weight excluding hydrogens is 219 g/mol. The van der Waals surface area contributed by atoms with Crippen LogP contribution >= 0.6 is 23.2 Å². The lowest BCUT2D eigenvalue weighted by atomic mass is 9.97. The van der Waals surface area contributed by atoms with Crippen LogP contribution in [0.25, 0.3) is 0 Å². The quantitative estimate of drug-likeness (QED) is 0.846. The highest BCUT2D eigenvalue weighted by Crippen LogP contribution is 2.48. The predicted molar refractivity (Wildman–Crippen MR) is 58.9 cm³/mol. The largest absolute Gasteiger partial charge is 0.396 e. The molecule has 14 heavy (non-hydrogen) atoms. The van der Waals surface area contributed by atoms with E-state index in [0.29, 0.717) is 10.0 Å². The number of benzene rings is 1. The van der Waals surface area contributed by atoms with Crippen molar-refractivity contribution >= 4 is 23.2 Å².